The Bertz CT molecular complexity index is 456. The molecule has 1 heterocycles. The molecule has 0 aromatic heterocycles. The van der Waals surface area contributed by atoms with Crippen LogP contribution in [0.5, 0.6) is 0 Å². The van der Waals surface area contributed by atoms with E-state index in [9.17, 15) is 4.79 Å². The second-order valence-corrected chi connectivity index (χ2v) is 5.68. The summed E-state index contributed by atoms with van der Waals surface area (Å²) in [5.74, 6) is -0.133. The quantitative estimate of drug-likeness (QED) is 0.842. The van der Waals surface area contributed by atoms with Crippen LogP contribution >= 0.6 is 15.9 Å². The van der Waals surface area contributed by atoms with Gasteiger partial charge in [-0.2, -0.15) is 0 Å². The molecular weight excluding hydrogens is 296 g/mol. The van der Waals surface area contributed by atoms with E-state index in [1.807, 2.05) is 6.92 Å². The van der Waals surface area contributed by atoms with Gasteiger partial charge >= 0.3 is 0 Å². The first kappa shape index (κ1) is 13.4. The van der Waals surface area contributed by atoms with E-state index in [0.717, 1.165) is 23.9 Å². The Balaban J connectivity index is 2.01. The molecule has 18 heavy (non-hydrogen) atoms. The van der Waals surface area contributed by atoms with Crippen LogP contribution < -0.4 is 11.1 Å². The van der Waals surface area contributed by atoms with Crippen molar-refractivity contribution in [2.45, 2.75) is 25.4 Å². The zero-order valence-corrected chi connectivity index (χ0v) is 11.9. The fraction of sp³-hybridized carbons (Fsp3) is 0.462. The fourth-order valence-corrected chi connectivity index (χ4v) is 2.48. The van der Waals surface area contributed by atoms with Crippen molar-refractivity contribution >= 4 is 27.5 Å². The van der Waals surface area contributed by atoms with Gasteiger partial charge in [0.05, 0.1) is 11.2 Å². The van der Waals surface area contributed by atoms with Crippen molar-refractivity contribution in [3.63, 3.8) is 0 Å². The number of halogens is 1. The second-order valence-electron chi connectivity index (χ2n) is 4.82. The number of rotatable bonds is 3. The Labute approximate surface area is 115 Å². The van der Waals surface area contributed by atoms with Crippen LogP contribution in [0.25, 0.3) is 0 Å². The van der Waals surface area contributed by atoms with Gasteiger partial charge in [0.25, 0.3) is 5.91 Å². The molecule has 3 N–H and O–H groups in total. The first-order valence-corrected chi connectivity index (χ1v) is 6.77. The molecule has 0 aliphatic carbocycles. The van der Waals surface area contributed by atoms with Gasteiger partial charge in [-0.1, -0.05) is 0 Å². The van der Waals surface area contributed by atoms with Gasteiger partial charge in [-0.25, -0.2) is 0 Å². The molecular formula is C13H17BrN2O2. The first-order chi connectivity index (χ1) is 8.50. The lowest BCUT2D eigenvalue weighted by molar-refractivity contribution is 0.0206. The van der Waals surface area contributed by atoms with Gasteiger partial charge in [-0.15, -0.1) is 0 Å². The zero-order valence-electron chi connectivity index (χ0n) is 10.3. The number of benzene rings is 1. The predicted molar refractivity (Wildman–Crippen MR) is 74.5 cm³/mol. The number of anilines is 1. The largest absolute Gasteiger partial charge is 0.399 e. The van der Waals surface area contributed by atoms with Gasteiger partial charge in [0.15, 0.2) is 0 Å². The highest BCUT2D eigenvalue weighted by molar-refractivity contribution is 9.10. The van der Waals surface area contributed by atoms with Crippen LogP contribution in [0.1, 0.15) is 30.1 Å². The summed E-state index contributed by atoms with van der Waals surface area (Å²) in [6, 6.07) is 5.19. The lowest BCUT2D eigenvalue weighted by Gasteiger charge is -2.23. The average molecular weight is 313 g/mol. The molecule has 2 rings (SSSR count). The van der Waals surface area contributed by atoms with Crippen molar-refractivity contribution in [2.24, 2.45) is 0 Å². The van der Waals surface area contributed by atoms with E-state index in [-0.39, 0.29) is 11.5 Å². The molecule has 1 fully saturated rings. The minimum Gasteiger partial charge on any atom is -0.399 e. The highest BCUT2D eigenvalue weighted by atomic mass is 79.9. The summed E-state index contributed by atoms with van der Waals surface area (Å²) in [7, 11) is 0. The van der Waals surface area contributed by atoms with Crippen LogP contribution in [-0.2, 0) is 4.74 Å². The van der Waals surface area contributed by atoms with Gasteiger partial charge in [0.2, 0.25) is 0 Å². The van der Waals surface area contributed by atoms with Gasteiger partial charge in [0.1, 0.15) is 0 Å². The molecule has 0 radical (unpaired) electrons. The Morgan fingerprint density at radius 1 is 1.61 bits per heavy atom. The van der Waals surface area contributed by atoms with E-state index in [1.54, 1.807) is 18.2 Å². The summed E-state index contributed by atoms with van der Waals surface area (Å²) >= 11 is 3.35. The van der Waals surface area contributed by atoms with Crippen LogP contribution in [0, 0.1) is 0 Å². The number of nitrogens with one attached hydrogen (secondary N) is 1. The maximum Gasteiger partial charge on any atom is 0.252 e. The van der Waals surface area contributed by atoms with E-state index in [2.05, 4.69) is 21.2 Å². The third-order valence-electron chi connectivity index (χ3n) is 3.16. The van der Waals surface area contributed by atoms with E-state index >= 15 is 0 Å². The Hall–Kier alpha value is -1.07. The Morgan fingerprint density at radius 3 is 3.06 bits per heavy atom. The highest BCUT2D eigenvalue weighted by Crippen LogP contribution is 2.24. The van der Waals surface area contributed by atoms with Crippen LogP contribution in [0.4, 0.5) is 5.69 Å². The molecule has 98 valence electrons. The molecule has 1 amide bonds. The van der Waals surface area contributed by atoms with Crippen LogP contribution in [0.2, 0.25) is 0 Å². The van der Waals surface area contributed by atoms with Crippen LogP contribution in [0.3, 0.4) is 0 Å². The zero-order chi connectivity index (χ0) is 13.2. The fourth-order valence-electron chi connectivity index (χ4n) is 2.06. The maximum absolute atomic E-state index is 12.1. The lowest BCUT2D eigenvalue weighted by atomic mass is 10.0. The third kappa shape index (κ3) is 3.03. The van der Waals surface area contributed by atoms with E-state index in [1.165, 1.54) is 0 Å². The summed E-state index contributed by atoms with van der Waals surface area (Å²) < 4.78 is 6.37. The average Bonchev–Trinajstić information content (AvgIpc) is 2.77. The molecule has 1 aromatic rings. The van der Waals surface area contributed by atoms with Gasteiger partial charge in [-0.05, 0) is 53.9 Å². The summed E-state index contributed by atoms with van der Waals surface area (Å²) in [6.07, 6.45) is 2.03. The number of nitrogen functional groups attached to an aromatic ring is 1. The number of amides is 1. The van der Waals surface area contributed by atoms with E-state index in [0.29, 0.717) is 17.8 Å². The number of ether oxygens (including phenoxy) is 1. The molecule has 0 spiro atoms. The lowest BCUT2D eigenvalue weighted by Crippen LogP contribution is -2.40. The molecule has 1 atom stereocenters. The van der Waals surface area contributed by atoms with Crippen molar-refractivity contribution in [1.29, 1.82) is 0 Å². The number of carbonyl (C=O) groups excluding carboxylic acids is 1. The minimum atomic E-state index is -0.234. The number of hydrogen-bond donors (Lipinski definition) is 2. The molecule has 1 saturated heterocycles. The molecule has 1 aliphatic heterocycles. The van der Waals surface area contributed by atoms with Gasteiger partial charge < -0.3 is 15.8 Å². The van der Waals surface area contributed by atoms with Crippen molar-refractivity contribution < 1.29 is 9.53 Å². The monoisotopic (exact) mass is 312 g/mol. The number of hydrogen-bond acceptors (Lipinski definition) is 3. The Morgan fingerprint density at radius 2 is 2.39 bits per heavy atom. The predicted octanol–water partition coefficient (Wildman–Crippen LogP) is 2.33. The molecule has 4 nitrogen and oxygen atoms in total. The smallest absolute Gasteiger partial charge is 0.252 e. The standard InChI is InChI=1S/C13H17BrN2O2/c1-13(5-2-6-18-13)8-16-12(17)10-7-9(15)3-4-11(10)14/h3-4,7H,2,5-6,8,15H2,1H3,(H,16,17). The van der Waals surface area contributed by atoms with Gasteiger partial charge in [-0.3, -0.25) is 4.79 Å². The summed E-state index contributed by atoms with van der Waals surface area (Å²) in [6.45, 7) is 3.32. The topological polar surface area (TPSA) is 64.4 Å². The molecule has 0 bridgehead atoms. The van der Waals surface area contributed by atoms with Crippen molar-refractivity contribution in [3.8, 4) is 0 Å². The van der Waals surface area contributed by atoms with Crippen molar-refractivity contribution in [3.05, 3.63) is 28.2 Å². The normalized spacial score (nSPS) is 23.0. The molecule has 5 heteroatoms. The maximum atomic E-state index is 12.1. The van der Waals surface area contributed by atoms with Crippen LogP contribution in [0.15, 0.2) is 22.7 Å². The Kier molecular flexibility index (Phi) is 3.92. The summed E-state index contributed by atoms with van der Waals surface area (Å²) in [5.41, 5.74) is 6.58. The van der Waals surface area contributed by atoms with Crippen LogP contribution in [-0.4, -0.2) is 24.7 Å². The number of carbonyl (C=O) groups is 1. The van der Waals surface area contributed by atoms with Crippen molar-refractivity contribution in [1.82, 2.24) is 5.32 Å². The SMILES string of the molecule is CC1(CNC(=O)c2cc(N)ccc2Br)CCCO1. The molecule has 1 unspecified atom stereocenters. The van der Waals surface area contributed by atoms with Crippen molar-refractivity contribution in [2.75, 3.05) is 18.9 Å². The van der Waals surface area contributed by atoms with E-state index < -0.39 is 0 Å². The third-order valence-corrected chi connectivity index (χ3v) is 3.85. The van der Waals surface area contributed by atoms with Gasteiger partial charge in [0, 0.05) is 23.3 Å². The molecule has 1 aromatic carbocycles. The van der Waals surface area contributed by atoms with E-state index in [4.69, 9.17) is 10.5 Å². The first-order valence-electron chi connectivity index (χ1n) is 5.97. The number of nitrogens with two attached hydrogens (primary N) is 1. The molecule has 0 saturated carbocycles. The highest BCUT2D eigenvalue weighted by Gasteiger charge is 2.30. The summed E-state index contributed by atoms with van der Waals surface area (Å²) in [4.78, 5) is 12.1. The summed E-state index contributed by atoms with van der Waals surface area (Å²) in [5, 5.41) is 2.90. The second kappa shape index (κ2) is 5.28. The minimum absolute atomic E-state index is 0.133. The molecule has 1 aliphatic rings.